The predicted molar refractivity (Wildman–Crippen MR) is 99.1 cm³/mol. The lowest BCUT2D eigenvalue weighted by atomic mass is 9.87. The first-order valence-electron chi connectivity index (χ1n) is 8.68. The molecule has 0 spiro atoms. The molecule has 0 saturated carbocycles. The van der Waals surface area contributed by atoms with Gasteiger partial charge in [0.15, 0.2) is 0 Å². The van der Waals surface area contributed by atoms with Crippen molar-refractivity contribution in [1.82, 2.24) is 14.5 Å². The number of hydrogen-bond donors (Lipinski definition) is 1. The minimum absolute atomic E-state index is 0.0162. The summed E-state index contributed by atoms with van der Waals surface area (Å²) in [5.74, 6) is 0. The van der Waals surface area contributed by atoms with E-state index in [1.807, 2.05) is 26.0 Å². The Hall–Kier alpha value is -1.60. The van der Waals surface area contributed by atoms with Crippen LogP contribution in [0.1, 0.15) is 40.2 Å². The van der Waals surface area contributed by atoms with Crippen molar-refractivity contribution in [3.63, 3.8) is 0 Å². The summed E-state index contributed by atoms with van der Waals surface area (Å²) in [5, 5.41) is 2.84. The molecule has 0 aromatic heterocycles. The van der Waals surface area contributed by atoms with Gasteiger partial charge in [-0.15, -0.1) is 0 Å². The minimum atomic E-state index is -3.52. The third kappa shape index (κ3) is 4.73. The molecular formula is C18H29N3O3S. The zero-order valence-corrected chi connectivity index (χ0v) is 16.6. The van der Waals surface area contributed by atoms with Gasteiger partial charge in [0.1, 0.15) is 0 Å². The highest BCUT2D eigenvalue weighted by Gasteiger charge is 2.30. The Bertz CT molecular complexity index is 698. The standard InChI is InChI=1S/C18H29N3O3S/c1-14(2)19-17(22)20-10-12-21(13-11-20)25(23,24)16-8-6-15(7-9-16)18(3,4)5/h6-9,14H,10-13H2,1-5H3,(H,19,22). The Labute approximate surface area is 151 Å². The highest BCUT2D eigenvalue weighted by molar-refractivity contribution is 7.89. The molecule has 1 fully saturated rings. The molecule has 6 nitrogen and oxygen atoms in total. The molecule has 2 amide bonds. The maximum atomic E-state index is 12.8. The van der Waals surface area contributed by atoms with Gasteiger partial charge in [-0.25, -0.2) is 13.2 Å². The van der Waals surface area contributed by atoms with Gasteiger partial charge in [-0.3, -0.25) is 0 Å². The molecule has 0 bridgehead atoms. The normalized spacial score (nSPS) is 17.0. The van der Waals surface area contributed by atoms with Gasteiger partial charge in [0.2, 0.25) is 10.0 Å². The Morgan fingerprint density at radius 1 is 1.04 bits per heavy atom. The van der Waals surface area contributed by atoms with Gasteiger partial charge >= 0.3 is 6.03 Å². The average Bonchev–Trinajstić information content (AvgIpc) is 2.53. The first-order valence-corrected chi connectivity index (χ1v) is 10.1. The van der Waals surface area contributed by atoms with Gasteiger partial charge < -0.3 is 10.2 Å². The lowest BCUT2D eigenvalue weighted by Crippen LogP contribution is -2.53. The van der Waals surface area contributed by atoms with E-state index >= 15 is 0 Å². The second-order valence-corrected chi connectivity index (χ2v) is 9.71. The fraction of sp³-hybridized carbons (Fsp3) is 0.611. The Morgan fingerprint density at radius 3 is 2.00 bits per heavy atom. The Kier molecular flexibility index (Phi) is 5.79. The van der Waals surface area contributed by atoms with Crippen molar-refractivity contribution < 1.29 is 13.2 Å². The maximum absolute atomic E-state index is 12.8. The number of carbonyl (C=O) groups is 1. The average molecular weight is 368 g/mol. The van der Waals surface area contributed by atoms with Crippen LogP contribution in [0.15, 0.2) is 29.2 Å². The van der Waals surface area contributed by atoms with Gasteiger partial charge in [-0.1, -0.05) is 32.9 Å². The van der Waals surface area contributed by atoms with Crippen LogP contribution in [0.2, 0.25) is 0 Å². The number of benzene rings is 1. The van der Waals surface area contributed by atoms with Crippen molar-refractivity contribution in [3.05, 3.63) is 29.8 Å². The summed E-state index contributed by atoms with van der Waals surface area (Å²) in [6, 6.07) is 7.03. The third-order valence-corrected chi connectivity index (χ3v) is 6.21. The maximum Gasteiger partial charge on any atom is 0.317 e. The summed E-state index contributed by atoms with van der Waals surface area (Å²) in [7, 11) is -3.52. The van der Waals surface area contributed by atoms with Crippen molar-refractivity contribution in [2.75, 3.05) is 26.2 Å². The summed E-state index contributed by atoms with van der Waals surface area (Å²) < 4.78 is 27.1. The number of nitrogens with one attached hydrogen (secondary N) is 1. The molecule has 0 atom stereocenters. The second kappa shape index (κ2) is 7.33. The molecule has 140 valence electrons. The lowest BCUT2D eigenvalue weighted by molar-refractivity contribution is 0.170. The first kappa shape index (κ1) is 19.7. The third-order valence-electron chi connectivity index (χ3n) is 4.30. The molecule has 1 aromatic carbocycles. The molecule has 7 heteroatoms. The monoisotopic (exact) mass is 367 g/mol. The molecule has 2 rings (SSSR count). The van der Waals surface area contributed by atoms with Crippen molar-refractivity contribution in [2.24, 2.45) is 0 Å². The van der Waals surface area contributed by atoms with Crippen LogP contribution in [0.25, 0.3) is 0 Å². The fourth-order valence-corrected chi connectivity index (χ4v) is 4.17. The minimum Gasteiger partial charge on any atom is -0.336 e. The van der Waals surface area contributed by atoms with E-state index in [0.29, 0.717) is 31.1 Å². The van der Waals surface area contributed by atoms with E-state index in [1.54, 1.807) is 17.0 Å². The van der Waals surface area contributed by atoms with Crippen molar-refractivity contribution in [1.29, 1.82) is 0 Å². The van der Waals surface area contributed by atoms with Gasteiger partial charge in [-0.05, 0) is 37.0 Å². The molecule has 1 heterocycles. The van der Waals surface area contributed by atoms with Crippen LogP contribution in [0, 0.1) is 0 Å². The molecule has 25 heavy (non-hydrogen) atoms. The summed E-state index contributed by atoms with van der Waals surface area (Å²) >= 11 is 0. The van der Waals surface area contributed by atoms with Gasteiger partial charge in [-0.2, -0.15) is 4.31 Å². The van der Waals surface area contributed by atoms with E-state index < -0.39 is 10.0 Å². The molecule has 0 radical (unpaired) electrons. The summed E-state index contributed by atoms with van der Waals surface area (Å²) in [6.07, 6.45) is 0. The number of amides is 2. The summed E-state index contributed by atoms with van der Waals surface area (Å²) in [5.41, 5.74) is 1.08. The molecule has 0 unspecified atom stereocenters. The highest BCUT2D eigenvalue weighted by atomic mass is 32.2. The quantitative estimate of drug-likeness (QED) is 0.892. The summed E-state index contributed by atoms with van der Waals surface area (Å²) in [4.78, 5) is 14.0. The van der Waals surface area contributed by atoms with Gasteiger partial charge in [0, 0.05) is 32.2 Å². The number of piperazine rings is 1. The van der Waals surface area contributed by atoms with Crippen LogP contribution >= 0.6 is 0 Å². The number of urea groups is 1. The molecule has 1 aromatic rings. The van der Waals surface area contributed by atoms with Crippen LogP contribution < -0.4 is 5.32 Å². The van der Waals surface area contributed by atoms with E-state index in [1.165, 1.54) is 4.31 Å². The van der Waals surface area contributed by atoms with Crippen molar-refractivity contribution in [3.8, 4) is 0 Å². The van der Waals surface area contributed by atoms with Crippen molar-refractivity contribution in [2.45, 2.75) is 51.0 Å². The van der Waals surface area contributed by atoms with Crippen molar-refractivity contribution >= 4 is 16.1 Å². The number of nitrogens with zero attached hydrogens (tertiary/aromatic N) is 2. The largest absolute Gasteiger partial charge is 0.336 e. The number of carbonyl (C=O) groups excluding carboxylic acids is 1. The topological polar surface area (TPSA) is 69.7 Å². The predicted octanol–water partition coefficient (Wildman–Crippen LogP) is 2.41. The van der Waals surface area contributed by atoms with Crippen LogP contribution in [-0.4, -0.2) is 55.9 Å². The number of sulfonamides is 1. The Balaban J connectivity index is 2.05. The molecular weight excluding hydrogens is 338 g/mol. The summed E-state index contributed by atoms with van der Waals surface area (Å²) in [6.45, 7) is 11.5. The molecule has 1 N–H and O–H groups in total. The van der Waals surface area contributed by atoms with Crippen LogP contribution in [0.4, 0.5) is 4.79 Å². The van der Waals surface area contributed by atoms with Crippen LogP contribution in [0.5, 0.6) is 0 Å². The zero-order valence-electron chi connectivity index (χ0n) is 15.7. The van der Waals surface area contributed by atoms with Crippen LogP contribution in [-0.2, 0) is 15.4 Å². The van der Waals surface area contributed by atoms with Gasteiger partial charge in [0.05, 0.1) is 4.90 Å². The van der Waals surface area contributed by atoms with E-state index in [2.05, 4.69) is 26.1 Å². The zero-order chi connectivity index (χ0) is 18.8. The highest BCUT2D eigenvalue weighted by Crippen LogP contribution is 2.25. The number of rotatable bonds is 3. The van der Waals surface area contributed by atoms with Crippen LogP contribution in [0.3, 0.4) is 0 Å². The van der Waals surface area contributed by atoms with E-state index in [0.717, 1.165) is 5.56 Å². The molecule has 1 aliphatic heterocycles. The smallest absolute Gasteiger partial charge is 0.317 e. The molecule has 0 aliphatic carbocycles. The van der Waals surface area contributed by atoms with E-state index in [-0.39, 0.29) is 17.5 Å². The molecule has 1 saturated heterocycles. The van der Waals surface area contributed by atoms with E-state index in [9.17, 15) is 13.2 Å². The fourth-order valence-electron chi connectivity index (χ4n) is 2.75. The SMILES string of the molecule is CC(C)NC(=O)N1CCN(S(=O)(=O)c2ccc(C(C)(C)C)cc2)CC1. The Morgan fingerprint density at radius 2 is 1.56 bits per heavy atom. The number of hydrogen-bond acceptors (Lipinski definition) is 3. The first-order chi connectivity index (χ1) is 11.5. The second-order valence-electron chi connectivity index (χ2n) is 7.77. The van der Waals surface area contributed by atoms with E-state index in [4.69, 9.17) is 0 Å². The van der Waals surface area contributed by atoms with Gasteiger partial charge in [0.25, 0.3) is 0 Å². The molecule has 1 aliphatic rings. The lowest BCUT2D eigenvalue weighted by Gasteiger charge is -2.34.